The van der Waals surface area contributed by atoms with Crippen LogP contribution in [-0.2, 0) is 4.79 Å². The van der Waals surface area contributed by atoms with Crippen LogP contribution in [0.2, 0.25) is 0 Å². The average Bonchev–Trinajstić information content (AvgIpc) is 2.28. The van der Waals surface area contributed by atoms with Crippen LogP contribution in [-0.4, -0.2) is 37.5 Å². The van der Waals surface area contributed by atoms with Gasteiger partial charge in [0.25, 0.3) is 0 Å². The van der Waals surface area contributed by atoms with Crippen molar-refractivity contribution >= 4 is 5.91 Å². The number of nitrogens with one attached hydrogen (secondary N) is 1. The van der Waals surface area contributed by atoms with Gasteiger partial charge < -0.3 is 10.2 Å². The van der Waals surface area contributed by atoms with E-state index >= 15 is 0 Å². The van der Waals surface area contributed by atoms with Crippen LogP contribution in [0, 0.1) is 5.41 Å². The molecule has 1 rings (SSSR count). The molecule has 0 aromatic carbocycles. The van der Waals surface area contributed by atoms with E-state index in [1.807, 2.05) is 11.9 Å². The zero-order valence-electron chi connectivity index (χ0n) is 11.7. The second kappa shape index (κ2) is 6.20. The summed E-state index contributed by atoms with van der Waals surface area (Å²) in [4.78, 5) is 13.9. The Morgan fingerprint density at radius 2 is 2.18 bits per heavy atom. The van der Waals surface area contributed by atoms with Gasteiger partial charge in [0.2, 0.25) is 5.91 Å². The van der Waals surface area contributed by atoms with Crippen molar-refractivity contribution < 1.29 is 4.79 Å². The maximum atomic E-state index is 11.9. The Balaban J connectivity index is 2.41. The number of rotatable bonds is 4. The largest absolute Gasteiger partial charge is 0.339 e. The molecule has 1 N–H and O–H groups in total. The van der Waals surface area contributed by atoms with Crippen LogP contribution in [0.4, 0.5) is 0 Å². The fraction of sp³-hybridized carbons (Fsp3) is 0.786. The number of hydrogen-bond acceptors (Lipinski definition) is 2. The van der Waals surface area contributed by atoms with Gasteiger partial charge in [-0.25, -0.2) is 0 Å². The summed E-state index contributed by atoms with van der Waals surface area (Å²) in [5.41, 5.74) is 1.73. The maximum absolute atomic E-state index is 11.9. The monoisotopic (exact) mass is 238 g/mol. The molecule has 0 unspecified atom stereocenters. The van der Waals surface area contributed by atoms with E-state index in [9.17, 15) is 4.79 Å². The van der Waals surface area contributed by atoms with Crippen LogP contribution in [0.1, 0.15) is 40.0 Å². The highest BCUT2D eigenvalue weighted by atomic mass is 16.2. The predicted octanol–water partition coefficient (Wildman–Crippen LogP) is 2.19. The van der Waals surface area contributed by atoms with Crippen molar-refractivity contribution in [1.29, 1.82) is 0 Å². The van der Waals surface area contributed by atoms with Gasteiger partial charge in [-0.2, -0.15) is 0 Å². The van der Waals surface area contributed by atoms with Crippen molar-refractivity contribution in [3.8, 4) is 0 Å². The van der Waals surface area contributed by atoms with Gasteiger partial charge in [-0.15, -0.1) is 0 Å². The lowest BCUT2D eigenvalue weighted by atomic mass is 9.83. The van der Waals surface area contributed by atoms with Crippen molar-refractivity contribution in [2.45, 2.75) is 40.0 Å². The summed E-state index contributed by atoms with van der Waals surface area (Å²) >= 11 is 0. The number of carbonyl (C=O) groups is 1. The second-order valence-electron chi connectivity index (χ2n) is 5.78. The molecule has 0 radical (unpaired) electrons. The Labute approximate surface area is 105 Å². The van der Waals surface area contributed by atoms with E-state index in [0.717, 1.165) is 32.5 Å². The molecular formula is C14H26N2O. The van der Waals surface area contributed by atoms with Crippen LogP contribution in [0.15, 0.2) is 11.6 Å². The minimum atomic E-state index is 0.251. The quantitative estimate of drug-likeness (QED) is 0.601. The van der Waals surface area contributed by atoms with E-state index in [2.05, 4.69) is 32.2 Å². The first-order chi connectivity index (χ1) is 7.95. The molecule has 17 heavy (non-hydrogen) atoms. The minimum absolute atomic E-state index is 0.251. The van der Waals surface area contributed by atoms with Crippen LogP contribution >= 0.6 is 0 Å². The second-order valence-corrected chi connectivity index (χ2v) is 5.78. The average molecular weight is 238 g/mol. The molecular weight excluding hydrogens is 212 g/mol. The van der Waals surface area contributed by atoms with Gasteiger partial charge in [0.05, 0.1) is 0 Å². The van der Waals surface area contributed by atoms with Crippen LogP contribution in [0.25, 0.3) is 0 Å². The van der Waals surface area contributed by atoms with E-state index < -0.39 is 0 Å². The van der Waals surface area contributed by atoms with Gasteiger partial charge in [0.1, 0.15) is 0 Å². The number of carbonyl (C=O) groups excluding carboxylic acids is 1. The zero-order chi connectivity index (χ0) is 12.9. The summed E-state index contributed by atoms with van der Waals surface area (Å²) < 4.78 is 0. The molecule has 0 saturated heterocycles. The Kier molecular flexibility index (Phi) is 5.19. The molecule has 0 aromatic heterocycles. The van der Waals surface area contributed by atoms with Crippen LogP contribution in [0.3, 0.4) is 0 Å². The lowest BCUT2D eigenvalue weighted by Crippen LogP contribution is -2.36. The van der Waals surface area contributed by atoms with Gasteiger partial charge in [-0.1, -0.05) is 32.4 Å². The van der Waals surface area contributed by atoms with Crippen molar-refractivity contribution in [2.24, 2.45) is 5.41 Å². The third-order valence-electron chi connectivity index (χ3n) is 3.34. The van der Waals surface area contributed by atoms with E-state index in [1.165, 1.54) is 5.57 Å². The Bertz CT molecular complexity index is 289. The summed E-state index contributed by atoms with van der Waals surface area (Å²) in [7, 11) is 1.92. The van der Waals surface area contributed by atoms with Crippen LogP contribution in [0.5, 0.6) is 0 Å². The zero-order valence-corrected chi connectivity index (χ0v) is 11.7. The first kappa shape index (κ1) is 14.2. The Morgan fingerprint density at radius 1 is 1.47 bits per heavy atom. The van der Waals surface area contributed by atoms with E-state index in [-0.39, 0.29) is 5.41 Å². The highest BCUT2D eigenvalue weighted by molar-refractivity contribution is 5.76. The first-order valence-corrected chi connectivity index (χ1v) is 6.57. The third kappa shape index (κ3) is 4.50. The van der Waals surface area contributed by atoms with Gasteiger partial charge in [-0.3, -0.25) is 4.79 Å². The van der Waals surface area contributed by atoms with Gasteiger partial charge in [0.15, 0.2) is 0 Å². The third-order valence-corrected chi connectivity index (χ3v) is 3.34. The topological polar surface area (TPSA) is 32.3 Å². The van der Waals surface area contributed by atoms with Gasteiger partial charge in [-0.05, 0) is 31.8 Å². The molecule has 1 heterocycles. The SMILES string of the molecule is CNCCCC(=O)N1CC=C(C(C)(C)C)CC1. The Hall–Kier alpha value is -0.830. The lowest BCUT2D eigenvalue weighted by Gasteiger charge is -2.32. The fourth-order valence-electron chi connectivity index (χ4n) is 2.15. The lowest BCUT2D eigenvalue weighted by molar-refractivity contribution is -0.131. The predicted molar refractivity (Wildman–Crippen MR) is 71.9 cm³/mol. The summed E-state index contributed by atoms with van der Waals surface area (Å²) in [6.45, 7) is 9.32. The standard InChI is InChI=1S/C14H26N2O/c1-14(2,3)12-7-10-16(11-8-12)13(17)6-5-9-15-4/h7,15H,5-6,8-11H2,1-4H3. The molecule has 0 aliphatic carbocycles. The van der Waals surface area contributed by atoms with Crippen molar-refractivity contribution in [1.82, 2.24) is 10.2 Å². The molecule has 3 nitrogen and oxygen atoms in total. The summed E-state index contributed by atoms with van der Waals surface area (Å²) in [6, 6.07) is 0. The molecule has 0 atom stereocenters. The molecule has 1 aliphatic rings. The first-order valence-electron chi connectivity index (χ1n) is 6.57. The molecule has 0 bridgehead atoms. The summed E-state index contributed by atoms with van der Waals surface area (Å²) in [6.07, 6.45) is 4.86. The van der Waals surface area contributed by atoms with Crippen molar-refractivity contribution in [3.63, 3.8) is 0 Å². The van der Waals surface area contributed by atoms with Crippen molar-refractivity contribution in [2.75, 3.05) is 26.7 Å². The molecule has 0 fully saturated rings. The highest BCUT2D eigenvalue weighted by Crippen LogP contribution is 2.30. The number of nitrogens with zero attached hydrogens (tertiary/aromatic N) is 1. The van der Waals surface area contributed by atoms with Crippen molar-refractivity contribution in [3.05, 3.63) is 11.6 Å². The fourth-order valence-corrected chi connectivity index (χ4v) is 2.15. The van der Waals surface area contributed by atoms with E-state index in [4.69, 9.17) is 0 Å². The number of amides is 1. The van der Waals surface area contributed by atoms with E-state index in [0.29, 0.717) is 12.3 Å². The highest BCUT2D eigenvalue weighted by Gasteiger charge is 2.23. The molecule has 0 spiro atoms. The minimum Gasteiger partial charge on any atom is -0.339 e. The number of hydrogen-bond donors (Lipinski definition) is 1. The summed E-state index contributed by atoms with van der Waals surface area (Å²) in [5, 5.41) is 3.07. The summed E-state index contributed by atoms with van der Waals surface area (Å²) in [5.74, 6) is 0.296. The molecule has 0 saturated carbocycles. The molecule has 0 aromatic rings. The van der Waals surface area contributed by atoms with Gasteiger partial charge in [0, 0.05) is 19.5 Å². The molecule has 3 heteroatoms. The molecule has 1 aliphatic heterocycles. The van der Waals surface area contributed by atoms with E-state index in [1.54, 1.807) is 0 Å². The van der Waals surface area contributed by atoms with Gasteiger partial charge >= 0.3 is 0 Å². The maximum Gasteiger partial charge on any atom is 0.222 e. The normalized spacial score (nSPS) is 16.9. The van der Waals surface area contributed by atoms with Crippen LogP contribution < -0.4 is 5.32 Å². The smallest absolute Gasteiger partial charge is 0.222 e. The Morgan fingerprint density at radius 3 is 2.65 bits per heavy atom. The molecule has 98 valence electrons. The molecule has 1 amide bonds.